The number of hydrogen-bond donors (Lipinski definition) is 2. The van der Waals surface area contributed by atoms with Gasteiger partial charge in [0.1, 0.15) is 11.6 Å². The molecule has 0 radical (unpaired) electrons. The molecule has 0 spiro atoms. The Morgan fingerprint density at radius 2 is 1.67 bits per heavy atom. The molecule has 0 saturated heterocycles. The van der Waals surface area contributed by atoms with Crippen molar-refractivity contribution in [2.75, 3.05) is 0 Å². The first-order chi connectivity index (χ1) is 11.2. The second-order valence-electron chi connectivity index (χ2n) is 7.75. The predicted molar refractivity (Wildman–Crippen MR) is 93.8 cm³/mol. The molecule has 0 saturated carbocycles. The standard InChI is InChI=1S/C19H28N2O3/c1-12(2)16(21-18(23)24-19(3,4)5)17(22)20-15-10-13-8-6-7-9-14(13)11-15/h6-9,12,15-16H,10-11H2,1-5H3,(H,20,22)(H,21,23). The zero-order chi connectivity index (χ0) is 17.9. The summed E-state index contributed by atoms with van der Waals surface area (Å²) in [5, 5.41) is 5.76. The van der Waals surface area contributed by atoms with Crippen LogP contribution in [-0.4, -0.2) is 29.7 Å². The lowest BCUT2D eigenvalue weighted by atomic mass is 10.0. The van der Waals surface area contributed by atoms with Crippen molar-refractivity contribution < 1.29 is 14.3 Å². The van der Waals surface area contributed by atoms with Gasteiger partial charge in [-0.15, -0.1) is 0 Å². The SMILES string of the molecule is CC(C)C(NC(=O)OC(C)(C)C)C(=O)NC1Cc2ccccc2C1. The van der Waals surface area contributed by atoms with Gasteiger partial charge in [-0.05, 0) is 50.7 Å². The van der Waals surface area contributed by atoms with Gasteiger partial charge in [0.25, 0.3) is 0 Å². The summed E-state index contributed by atoms with van der Waals surface area (Å²) in [4.78, 5) is 24.6. The molecule has 2 rings (SSSR count). The maximum Gasteiger partial charge on any atom is 0.408 e. The van der Waals surface area contributed by atoms with Gasteiger partial charge in [-0.25, -0.2) is 4.79 Å². The van der Waals surface area contributed by atoms with Crippen LogP contribution in [0, 0.1) is 5.92 Å². The molecule has 0 fully saturated rings. The van der Waals surface area contributed by atoms with E-state index in [2.05, 4.69) is 22.8 Å². The zero-order valence-electron chi connectivity index (χ0n) is 15.2. The van der Waals surface area contributed by atoms with Crippen molar-refractivity contribution in [3.63, 3.8) is 0 Å². The molecular formula is C19H28N2O3. The Bertz CT molecular complexity index is 580. The molecule has 24 heavy (non-hydrogen) atoms. The highest BCUT2D eigenvalue weighted by Gasteiger charge is 2.30. The molecule has 0 bridgehead atoms. The molecule has 1 aromatic carbocycles. The Hall–Kier alpha value is -2.04. The largest absolute Gasteiger partial charge is 0.444 e. The molecular weight excluding hydrogens is 304 g/mol. The highest BCUT2D eigenvalue weighted by atomic mass is 16.6. The third kappa shape index (κ3) is 4.98. The number of nitrogens with one attached hydrogen (secondary N) is 2. The van der Waals surface area contributed by atoms with Crippen molar-refractivity contribution in [3.8, 4) is 0 Å². The topological polar surface area (TPSA) is 67.4 Å². The van der Waals surface area contributed by atoms with E-state index < -0.39 is 17.7 Å². The molecule has 0 heterocycles. The van der Waals surface area contributed by atoms with E-state index in [0.717, 1.165) is 12.8 Å². The van der Waals surface area contributed by atoms with Crippen molar-refractivity contribution in [2.45, 2.75) is 65.1 Å². The average molecular weight is 332 g/mol. The van der Waals surface area contributed by atoms with Gasteiger partial charge in [-0.3, -0.25) is 4.79 Å². The van der Waals surface area contributed by atoms with E-state index in [4.69, 9.17) is 4.74 Å². The summed E-state index contributed by atoms with van der Waals surface area (Å²) in [5.74, 6) is -0.185. The van der Waals surface area contributed by atoms with Gasteiger partial charge in [0.2, 0.25) is 5.91 Å². The Kier molecular flexibility index (Phi) is 5.52. The van der Waals surface area contributed by atoms with Crippen LogP contribution < -0.4 is 10.6 Å². The molecule has 2 amide bonds. The quantitative estimate of drug-likeness (QED) is 0.891. The number of hydrogen-bond acceptors (Lipinski definition) is 3. The molecule has 1 unspecified atom stereocenters. The molecule has 1 atom stereocenters. The molecule has 1 aromatic rings. The third-order valence-electron chi connectivity index (χ3n) is 4.02. The van der Waals surface area contributed by atoms with E-state index in [0.29, 0.717) is 0 Å². The van der Waals surface area contributed by atoms with E-state index in [9.17, 15) is 9.59 Å². The summed E-state index contributed by atoms with van der Waals surface area (Å²) in [7, 11) is 0. The van der Waals surface area contributed by atoms with Gasteiger partial charge < -0.3 is 15.4 Å². The fourth-order valence-corrected chi connectivity index (χ4v) is 2.92. The van der Waals surface area contributed by atoms with Gasteiger partial charge in [-0.2, -0.15) is 0 Å². The number of carbonyl (C=O) groups excluding carboxylic acids is 2. The van der Waals surface area contributed by atoms with E-state index >= 15 is 0 Å². The first-order valence-corrected chi connectivity index (χ1v) is 8.52. The monoisotopic (exact) mass is 332 g/mol. The second kappa shape index (κ2) is 7.24. The van der Waals surface area contributed by atoms with Crippen LogP contribution in [0.15, 0.2) is 24.3 Å². The van der Waals surface area contributed by atoms with Gasteiger partial charge in [0, 0.05) is 6.04 Å². The van der Waals surface area contributed by atoms with Crippen LogP contribution in [0.1, 0.15) is 45.7 Å². The summed E-state index contributed by atoms with van der Waals surface area (Å²) >= 11 is 0. The maximum atomic E-state index is 12.6. The minimum Gasteiger partial charge on any atom is -0.444 e. The van der Waals surface area contributed by atoms with Crippen LogP contribution in [0.3, 0.4) is 0 Å². The van der Waals surface area contributed by atoms with Crippen LogP contribution in [0.2, 0.25) is 0 Å². The number of benzene rings is 1. The summed E-state index contributed by atoms with van der Waals surface area (Å²) in [5.41, 5.74) is 1.97. The normalized spacial score (nSPS) is 15.8. The van der Waals surface area contributed by atoms with Crippen molar-refractivity contribution in [2.24, 2.45) is 5.92 Å². The number of carbonyl (C=O) groups is 2. The summed E-state index contributed by atoms with van der Waals surface area (Å²) in [6.45, 7) is 9.21. The molecule has 0 aliphatic heterocycles. The van der Waals surface area contributed by atoms with Gasteiger partial charge in [0.05, 0.1) is 0 Å². The van der Waals surface area contributed by atoms with Crippen molar-refractivity contribution in [1.29, 1.82) is 0 Å². The minimum absolute atomic E-state index is 0.0266. The van der Waals surface area contributed by atoms with E-state index in [-0.39, 0.29) is 17.9 Å². The van der Waals surface area contributed by atoms with Crippen LogP contribution in [0.25, 0.3) is 0 Å². The van der Waals surface area contributed by atoms with Crippen LogP contribution in [0.4, 0.5) is 4.79 Å². The molecule has 0 aromatic heterocycles. The predicted octanol–water partition coefficient (Wildman–Crippen LogP) is 2.82. The summed E-state index contributed by atoms with van der Waals surface area (Å²) < 4.78 is 5.26. The first-order valence-electron chi connectivity index (χ1n) is 8.52. The second-order valence-corrected chi connectivity index (χ2v) is 7.75. The molecule has 1 aliphatic carbocycles. The maximum absolute atomic E-state index is 12.6. The molecule has 5 nitrogen and oxygen atoms in total. The van der Waals surface area contributed by atoms with Gasteiger partial charge in [0.15, 0.2) is 0 Å². The zero-order valence-corrected chi connectivity index (χ0v) is 15.2. The smallest absolute Gasteiger partial charge is 0.408 e. The molecule has 5 heteroatoms. The number of alkyl carbamates (subject to hydrolysis) is 1. The highest BCUT2D eigenvalue weighted by molar-refractivity contribution is 5.86. The fourth-order valence-electron chi connectivity index (χ4n) is 2.92. The minimum atomic E-state index is -0.608. The Morgan fingerprint density at radius 1 is 1.12 bits per heavy atom. The lowest BCUT2D eigenvalue weighted by Gasteiger charge is -2.26. The Labute approximate surface area is 144 Å². The first kappa shape index (κ1) is 18.3. The molecule has 1 aliphatic rings. The van der Waals surface area contributed by atoms with Crippen LogP contribution in [0.5, 0.6) is 0 Å². The van der Waals surface area contributed by atoms with Gasteiger partial charge in [-0.1, -0.05) is 38.1 Å². The molecule has 2 N–H and O–H groups in total. The van der Waals surface area contributed by atoms with Crippen molar-refractivity contribution >= 4 is 12.0 Å². The van der Waals surface area contributed by atoms with E-state index in [1.807, 2.05) is 26.0 Å². The fraction of sp³-hybridized carbons (Fsp3) is 0.579. The van der Waals surface area contributed by atoms with Crippen molar-refractivity contribution in [3.05, 3.63) is 35.4 Å². The van der Waals surface area contributed by atoms with E-state index in [1.165, 1.54) is 11.1 Å². The number of fused-ring (bicyclic) bond motifs is 1. The van der Waals surface area contributed by atoms with E-state index in [1.54, 1.807) is 20.8 Å². The van der Waals surface area contributed by atoms with Crippen molar-refractivity contribution in [1.82, 2.24) is 10.6 Å². The number of ether oxygens (including phenoxy) is 1. The van der Waals surface area contributed by atoms with Crippen LogP contribution in [-0.2, 0) is 22.4 Å². The molecule has 132 valence electrons. The summed E-state index contributed by atoms with van der Waals surface area (Å²) in [6.07, 6.45) is 1.10. The summed E-state index contributed by atoms with van der Waals surface area (Å²) in [6, 6.07) is 7.70. The Balaban J connectivity index is 1.94. The lowest BCUT2D eigenvalue weighted by molar-refractivity contribution is -0.124. The van der Waals surface area contributed by atoms with Crippen LogP contribution >= 0.6 is 0 Å². The average Bonchev–Trinajstić information content (AvgIpc) is 2.84. The number of amides is 2. The van der Waals surface area contributed by atoms with Gasteiger partial charge >= 0.3 is 6.09 Å². The highest BCUT2D eigenvalue weighted by Crippen LogP contribution is 2.22. The number of rotatable bonds is 4. The third-order valence-corrected chi connectivity index (χ3v) is 4.02. The Morgan fingerprint density at radius 3 is 2.12 bits per heavy atom. The lowest BCUT2D eigenvalue weighted by Crippen LogP contribution is -2.53.